The number of allylic oxidation sites excluding steroid dienone is 1. The van der Waals surface area contributed by atoms with E-state index >= 15 is 0 Å². The number of hydrogen-bond donors (Lipinski definition) is 0. The van der Waals surface area contributed by atoms with Crippen LogP contribution in [-0.4, -0.2) is 19.9 Å². The first-order chi connectivity index (χ1) is 8.66. The number of halogens is 1. The first-order valence-electron chi connectivity index (χ1n) is 5.78. The van der Waals surface area contributed by atoms with Gasteiger partial charge in [-0.1, -0.05) is 12.1 Å². The summed E-state index contributed by atoms with van der Waals surface area (Å²) < 4.78 is 4.93. The quantitative estimate of drug-likeness (QED) is 0.484. The second-order valence-electron chi connectivity index (χ2n) is 4.11. The molecule has 0 amide bonds. The number of nitrogens with zero attached hydrogens (tertiary/aromatic N) is 2. The molecule has 1 aliphatic rings. The van der Waals surface area contributed by atoms with E-state index in [-0.39, 0.29) is 23.8 Å². The lowest BCUT2D eigenvalue weighted by atomic mass is 10.1. The van der Waals surface area contributed by atoms with Gasteiger partial charge in [-0.3, -0.25) is 4.99 Å². The van der Waals surface area contributed by atoms with Crippen molar-refractivity contribution >= 4 is 24.3 Å². The number of para-hydroxylation sites is 1. The highest BCUT2D eigenvalue weighted by Gasteiger charge is 2.21. The van der Waals surface area contributed by atoms with E-state index in [9.17, 15) is 10.4 Å². The topological polar surface area (TPSA) is 67.7 Å². The molecule has 0 aromatic heterocycles. The van der Waals surface area contributed by atoms with Crippen LogP contribution in [0.5, 0.6) is 0 Å². The highest BCUT2D eigenvalue weighted by Crippen LogP contribution is 2.33. The zero-order chi connectivity index (χ0) is 13.0. The number of hydrogen-bond acceptors (Lipinski definition) is 4. The number of quaternary nitrogens is 1. The van der Waals surface area contributed by atoms with E-state index in [1.807, 2.05) is 0 Å². The van der Waals surface area contributed by atoms with Crippen molar-refractivity contribution in [3.8, 4) is 0 Å². The Balaban J connectivity index is 0.00000180. The Morgan fingerprint density at radius 2 is 2.00 bits per heavy atom. The van der Waals surface area contributed by atoms with Crippen LogP contribution in [0.15, 0.2) is 41.2 Å². The molecule has 1 aromatic carbocycles. The van der Waals surface area contributed by atoms with E-state index in [0.717, 1.165) is 0 Å². The van der Waals surface area contributed by atoms with Gasteiger partial charge in [-0.05, 0) is 12.5 Å². The third kappa shape index (κ3) is 3.40. The fraction of sp³-hybridized carbons (Fsp3) is 0.308. The van der Waals surface area contributed by atoms with Gasteiger partial charge in [0.2, 0.25) is 0 Å². The van der Waals surface area contributed by atoms with Gasteiger partial charge in [-0.15, -0.1) is 12.4 Å². The first-order valence-corrected chi connectivity index (χ1v) is 5.78. The minimum atomic E-state index is -1.74. The average molecular weight is 284 g/mol. The number of rotatable bonds is 4. The number of methoxy groups -OCH3 is 1. The summed E-state index contributed by atoms with van der Waals surface area (Å²) in [5.74, 6) is 0. The molecule has 6 heteroatoms. The minimum absolute atomic E-state index is 0. The van der Waals surface area contributed by atoms with Gasteiger partial charge < -0.3 is 20.0 Å². The molecule has 104 valence electrons. The van der Waals surface area contributed by atoms with Crippen molar-refractivity contribution in [2.24, 2.45) is 4.99 Å². The lowest BCUT2D eigenvalue weighted by Crippen LogP contribution is -2.35. The summed E-state index contributed by atoms with van der Waals surface area (Å²) in [4.78, 5) is 2.29. The van der Waals surface area contributed by atoms with E-state index in [4.69, 9.17) is 4.74 Å². The fourth-order valence-corrected chi connectivity index (χ4v) is 1.91. The molecule has 0 fully saturated rings. The largest absolute Gasteiger partial charge is 0.621 e. The molecule has 0 aliphatic carbocycles. The summed E-state index contributed by atoms with van der Waals surface area (Å²) in [6.45, 7) is 0.517. The third-order valence-corrected chi connectivity index (χ3v) is 2.85. The van der Waals surface area contributed by atoms with E-state index in [2.05, 4.69) is 4.99 Å². The molecule has 19 heavy (non-hydrogen) atoms. The van der Waals surface area contributed by atoms with Crippen molar-refractivity contribution in [1.29, 1.82) is 0 Å². The van der Waals surface area contributed by atoms with Crippen LogP contribution in [0.25, 0.3) is 0 Å². The van der Waals surface area contributed by atoms with Crippen molar-refractivity contribution in [2.45, 2.75) is 12.8 Å². The number of aliphatic imine (C=N–C) groups is 1. The molecule has 2 rings (SSSR count). The molecule has 0 radical (unpaired) electrons. The van der Waals surface area contributed by atoms with Gasteiger partial charge in [0.1, 0.15) is 11.4 Å². The lowest BCUT2D eigenvalue weighted by molar-refractivity contribution is 0.194. The van der Waals surface area contributed by atoms with Gasteiger partial charge in [0.25, 0.3) is 0 Å². The summed E-state index contributed by atoms with van der Waals surface area (Å²) in [5, 5.41) is 24.6. The maximum Gasteiger partial charge on any atom is 0.146 e. The molecule has 0 bridgehead atoms. The molecule has 0 N–H and O–H groups in total. The highest BCUT2D eigenvalue weighted by molar-refractivity contribution is 5.89. The Kier molecular flexibility index (Phi) is 5.65. The number of benzene rings is 1. The Morgan fingerprint density at radius 3 is 2.74 bits per heavy atom. The van der Waals surface area contributed by atoms with Gasteiger partial charge in [0, 0.05) is 32.4 Å². The second kappa shape index (κ2) is 6.79. The number of ether oxygens (including phenoxy) is 1. The van der Waals surface area contributed by atoms with Crippen LogP contribution in [0, 0.1) is 10.4 Å². The van der Waals surface area contributed by atoms with Crippen molar-refractivity contribution in [2.75, 3.05) is 13.7 Å². The van der Waals surface area contributed by atoms with E-state index in [1.54, 1.807) is 37.6 Å². The normalized spacial score (nSPS) is 16.1. The van der Waals surface area contributed by atoms with Crippen molar-refractivity contribution < 1.29 is 4.74 Å². The molecular formula is C13H16ClN2O3-. The molecule has 0 spiro atoms. The Labute approximate surface area is 118 Å². The van der Waals surface area contributed by atoms with Crippen LogP contribution in [-0.2, 0) is 4.74 Å². The molecule has 1 aliphatic heterocycles. The summed E-state index contributed by atoms with van der Waals surface area (Å²) in [6.07, 6.45) is 3.92. The molecule has 0 saturated heterocycles. The molecule has 5 nitrogen and oxygen atoms in total. The van der Waals surface area contributed by atoms with Crippen LogP contribution in [0.3, 0.4) is 0 Å². The third-order valence-electron chi connectivity index (χ3n) is 2.85. The molecule has 1 heterocycles. The molecule has 0 saturated carbocycles. The van der Waals surface area contributed by atoms with Crippen molar-refractivity contribution in [1.82, 2.24) is 4.81 Å². The number of fused-ring (bicyclic) bond motifs is 1. The van der Waals surface area contributed by atoms with Crippen LogP contribution < -0.4 is 4.81 Å². The fourth-order valence-electron chi connectivity index (χ4n) is 1.91. The monoisotopic (exact) mass is 283 g/mol. The van der Waals surface area contributed by atoms with Gasteiger partial charge in [-0.25, -0.2) is 0 Å². The smallest absolute Gasteiger partial charge is 0.146 e. The average Bonchev–Trinajstić information content (AvgIpc) is 2.48. The molecule has 0 atom stereocenters. The van der Waals surface area contributed by atoms with Crippen molar-refractivity contribution in [3.05, 3.63) is 52.1 Å². The predicted molar refractivity (Wildman–Crippen MR) is 79.0 cm³/mol. The van der Waals surface area contributed by atoms with E-state index in [1.165, 1.54) is 6.20 Å². The molecule has 0 unspecified atom stereocenters. The SMILES string of the molecule is COCCCC1=CN=Cc2ccccc2[N+]1([O-])[O-].Cl. The van der Waals surface area contributed by atoms with Gasteiger partial charge in [0.05, 0.1) is 11.8 Å². The maximum absolute atomic E-state index is 12.3. The van der Waals surface area contributed by atoms with Crippen LogP contribution >= 0.6 is 12.4 Å². The van der Waals surface area contributed by atoms with Gasteiger partial charge >= 0.3 is 0 Å². The van der Waals surface area contributed by atoms with Crippen LogP contribution in [0.1, 0.15) is 18.4 Å². The summed E-state index contributed by atoms with van der Waals surface area (Å²) in [7, 11) is 1.59. The maximum atomic E-state index is 12.3. The standard InChI is InChI=1S/C13H15N2O3.ClH/c1-18-8-4-6-12-10-14-9-11-5-2-3-7-13(11)15(12,16)17;/h2-3,5,7,9-10H,4,6,8H2,1H3;1H/q-1;. The molecule has 1 aromatic rings. The van der Waals surface area contributed by atoms with E-state index < -0.39 is 4.81 Å². The zero-order valence-corrected chi connectivity index (χ0v) is 11.4. The van der Waals surface area contributed by atoms with Crippen LogP contribution in [0.2, 0.25) is 0 Å². The van der Waals surface area contributed by atoms with Crippen molar-refractivity contribution in [3.63, 3.8) is 0 Å². The highest BCUT2D eigenvalue weighted by atomic mass is 35.5. The van der Waals surface area contributed by atoms with Crippen LogP contribution in [0.4, 0.5) is 5.69 Å². The Hall–Kier alpha value is -1.24. The summed E-state index contributed by atoms with van der Waals surface area (Å²) >= 11 is 0. The second-order valence-corrected chi connectivity index (χ2v) is 4.11. The number of hydroxylamine groups is 2. The predicted octanol–water partition coefficient (Wildman–Crippen LogP) is 3.11. The van der Waals surface area contributed by atoms with E-state index in [0.29, 0.717) is 25.0 Å². The summed E-state index contributed by atoms with van der Waals surface area (Å²) in [6, 6.07) is 6.73. The summed E-state index contributed by atoms with van der Waals surface area (Å²) in [5.41, 5.74) is 0.955. The lowest BCUT2D eigenvalue weighted by Gasteiger charge is -2.47. The molecular weight excluding hydrogens is 268 g/mol. The minimum Gasteiger partial charge on any atom is -0.621 e. The Morgan fingerprint density at radius 1 is 1.26 bits per heavy atom. The van der Waals surface area contributed by atoms with Gasteiger partial charge in [0.15, 0.2) is 0 Å². The van der Waals surface area contributed by atoms with Gasteiger partial charge in [-0.2, -0.15) is 0 Å². The zero-order valence-electron chi connectivity index (χ0n) is 10.6. The Bertz CT molecular complexity index is 487. The first kappa shape index (κ1) is 15.8.